The van der Waals surface area contributed by atoms with Gasteiger partial charge in [0.15, 0.2) is 7.37 Å². The summed E-state index contributed by atoms with van der Waals surface area (Å²) >= 11 is 5.99. The maximum atomic E-state index is 11.8. The fourth-order valence-corrected chi connectivity index (χ4v) is 3.55. The zero-order chi connectivity index (χ0) is 15.7. The number of anilines is 1. The Bertz CT molecular complexity index is 617. The van der Waals surface area contributed by atoms with Gasteiger partial charge in [0.2, 0.25) is 0 Å². The molecule has 2 heterocycles. The van der Waals surface area contributed by atoms with E-state index in [0.717, 1.165) is 0 Å². The second kappa shape index (κ2) is 6.08. The van der Waals surface area contributed by atoms with Crippen LogP contribution in [-0.2, 0) is 9.30 Å². The Hall–Kier alpha value is -0.880. The van der Waals surface area contributed by atoms with Crippen molar-refractivity contribution in [2.45, 2.75) is 31.1 Å². The molecular formula is C12H19ClN3O4P. The minimum Gasteiger partial charge on any atom is -0.383 e. The first kappa shape index (κ1) is 16.5. The number of ether oxygens (including phenoxy) is 1. The number of alkyl halides is 1. The van der Waals surface area contributed by atoms with Crippen LogP contribution < -0.4 is 11.4 Å². The lowest BCUT2D eigenvalue weighted by molar-refractivity contribution is -0.0621. The lowest BCUT2D eigenvalue weighted by Gasteiger charge is -2.28. The van der Waals surface area contributed by atoms with Gasteiger partial charge in [0.1, 0.15) is 12.0 Å². The normalized spacial score (nSPS) is 28.4. The summed E-state index contributed by atoms with van der Waals surface area (Å²) in [5.74, 6) is 0.366. The van der Waals surface area contributed by atoms with Gasteiger partial charge in [0, 0.05) is 19.0 Å². The fraction of sp³-hybridized carbons (Fsp3) is 0.667. The molecule has 0 amide bonds. The standard InChI is InChI=1S/C12H19ClN3O4P/c1-21(18,19)7-5-12(8-13)4-2-10(20-12)16-6-3-9(14)15-11(16)17/h3,6,10H,2,4-5,7-8H2,1H3,(H,18,19)(H2,14,15,17). The summed E-state index contributed by atoms with van der Waals surface area (Å²) < 4.78 is 18.7. The van der Waals surface area contributed by atoms with Crippen LogP contribution in [0.4, 0.5) is 5.82 Å². The number of hydrogen-bond acceptors (Lipinski definition) is 5. The number of rotatable bonds is 5. The molecule has 7 nitrogen and oxygen atoms in total. The van der Waals surface area contributed by atoms with Crippen LogP contribution in [0, 0.1) is 0 Å². The van der Waals surface area contributed by atoms with E-state index in [-0.39, 0.29) is 17.9 Å². The van der Waals surface area contributed by atoms with Crippen molar-refractivity contribution in [3.63, 3.8) is 0 Å². The molecule has 1 aromatic heterocycles. The Labute approximate surface area is 127 Å². The molecule has 1 fully saturated rings. The van der Waals surface area contributed by atoms with E-state index in [1.807, 2.05) is 0 Å². The van der Waals surface area contributed by atoms with Crippen molar-refractivity contribution in [3.05, 3.63) is 22.7 Å². The van der Waals surface area contributed by atoms with Crippen molar-refractivity contribution in [3.8, 4) is 0 Å². The van der Waals surface area contributed by atoms with Crippen molar-refractivity contribution in [2.75, 3.05) is 24.4 Å². The molecule has 1 aromatic rings. The van der Waals surface area contributed by atoms with E-state index < -0.39 is 24.9 Å². The highest BCUT2D eigenvalue weighted by molar-refractivity contribution is 7.57. The van der Waals surface area contributed by atoms with Gasteiger partial charge < -0.3 is 15.4 Å². The van der Waals surface area contributed by atoms with Crippen LogP contribution in [0.1, 0.15) is 25.5 Å². The summed E-state index contributed by atoms with van der Waals surface area (Å²) in [6, 6.07) is 1.53. The molecule has 0 bridgehead atoms. The molecular weight excluding hydrogens is 317 g/mol. The second-order valence-electron chi connectivity index (χ2n) is 5.49. The van der Waals surface area contributed by atoms with Gasteiger partial charge in [-0.25, -0.2) is 4.79 Å². The zero-order valence-electron chi connectivity index (χ0n) is 11.7. The predicted octanol–water partition coefficient (Wildman–Crippen LogP) is 1.40. The maximum absolute atomic E-state index is 11.8. The Morgan fingerprint density at radius 1 is 1.71 bits per heavy atom. The zero-order valence-corrected chi connectivity index (χ0v) is 13.4. The largest absolute Gasteiger partial charge is 0.383 e. The number of aromatic nitrogens is 2. The summed E-state index contributed by atoms with van der Waals surface area (Å²) in [7, 11) is -3.12. The molecule has 21 heavy (non-hydrogen) atoms. The van der Waals surface area contributed by atoms with Crippen LogP contribution in [0.2, 0.25) is 0 Å². The van der Waals surface area contributed by atoms with Crippen LogP contribution in [0.15, 0.2) is 17.1 Å². The van der Waals surface area contributed by atoms with E-state index in [9.17, 15) is 14.3 Å². The molecule has 0 saturated carbocycles. The lowest BCUT2D eigenvalue weighted by atomic mass is 9.99. The predicted molar refractivity (Wildman–Crippen MR) is 80.9 cm³/mol. The fourth-order valence-electron chi connectivity index (χ4n) is 2.39. The highest BCUT2D eigenvalue weighted by atomic mass is 35.5. The van der Waals surface area contributed by atoms with Gasteiger partial charge in [-0.15, -0.1) is 11.6 Å². The smallest absolute Gasteiger partial charge is 0.351 e. The number of hydrogen-bond donors (Lipinski definition) is 2. The Morgan fingerprint density at radius 2 is 2.43 bits per heavy atom. The molecule has 0 spiro atoms. The molecule has 1 aliphatic heterocycles. The number of nitrogens with two attached hydrogens (primary N) is 1. The average molecular weight is 336 g/mol. The van der Waals surface area contributed by atoms with Crippen molar-refractivity contribution in [2.24, 2.45) is 0 Å². The molecule has 3 atom stereocenters. The minimum atomic E-state index is -3.12. The van der Waals surface area contributed by atoms with E-state index >= 15 is 0 Å². The summed E-state index contributed by atoms with van der Waals surface area (Å²) in [5.41, 5.74) is 4.30. The van der Waals surface area contributed by atoms with E-state index in [0.29, 0.717) is 19.3 Å². The molecule has 1 saturated heterocycles. The first-order chi connectivity index (χ1) is 9.75. The average Bonchev–Trinajstić information content (AvgIpc) is 2.81. The summed E-state index contributed by atoms with van der Waals surface area (Å²) in [6.07, 6.45) is 2.81. The Balaban J connectivity index is 2.13. The van der Waals surface area contributed by atoms with Gasteiger partial charge >= 0.3 is 5.69 Å². The molecule has 2 rings (SSSR count). The van der Waals surface area contributed by atoms with Gasteiger partial charge in [0.25, 0.3) is 0 Å². The molecule has 3 unspecified atom stereocenters. The molecule has 0 aromatic carbocycles. The van der Waals surface area contributed by atoms with E-state index in [2.05, 4.69) is 4.98 Å². The van der Waals surface area contributed by atoms with Crippen LogP contribution in [0.3, 0.4) is 0 Å². The Kier molecular flexibility index (Phi) is 4.78. The van der Waals surface area contributed by atoms with Gasteiger partial charge in [-0.1, -0.05) is 0 Å². The maximum Gasteiger partial charge on any atom is 0.351 e. The topological polar surface area (TPSA) is 107 Å². The number of halogens is 1. The number of nitrogens with zero attached hydrogens (tertiary/aromatic N) is 2. The van der Waals surface area contributed by atoms with E-state index in [4.69, 9.17) is 22.1 Å². The van der Waals surface area contributed by atoms with Crippen LogP contribution >= 0.6 is 19.0 Å². The van der Waals surface area contributed by atoms with Gasteiger partial charge in [-0.05, 0) is 25.3 Å². The molecule has 1 aliphatic rings. The first-order valence-electron chi connectivity index (χ1n) is 6.62. The van der Waals surface area contributed by atoms with Gasteiger partial charge in [0.05, 0.1) is 11.5 Å². The highest BCUT2D eigenvalue weighted by Crippen LogP contribution is 2.44. The summed E-state index contributed by atoms with van der Waals surface area (Å²) in [6.45, 7) is 1.32. The van der Waals surface area contributed by atoms with Crippen molar-refractivity contribution in [1.29, 1.82) is 0 Å². The second-order valence-corrected chi connectivity index (χ2v) is 8.31. The SMILES string of the molecule is CP(=O)(O)CCC1(CCl)CCC(n2ccc(N)nc2=O)O1. The third kappa shape index (κ3) is 4.07. The van der Waals surface area contributed by atoms with Gasteiger partial charge in [-0.3, -0.25) is 9.13 Å². The molecule has 9 heteroatoms. The quantitative estimate of drug-likeness (QED) is 0.622. The van der Waals surface area contributed by atoms with Crippen LogP contribution in [-0.4, -0.2) is 38.8 Å². The summed E-state index contributed by atoms with van der Waals surface area (Å²) in [5, 5.41) is 0. The first-order valence-corrected chi connectivity index (χ1v) is 9.45. The third-order valence-corrected chi connectivity index (χ3v) is 5.16. The van der Waals surface area contributed by atoms with Crippen LogP contribution in [0.25, 0.3) is 0 Å². The minimum absolute atomic E-state index is 0.140. The van der Waals surface area contributed by atoms with Gasteiger partial charge in [-0.2, -0.15) is 4.98 Å². The van der Waals surface area contributed by atoms with E-state index in [1.54, 1.807) is 0 Å². The van der Waals surface area contributed by atoms with E-state index in [1.165, 1.54) is 23.5 Å². The lowest BCUT2D eigenvalue weighted by Crippen LogP contribution is -2.34. The molecule has 0 radical (unpaired) electrons. The molecule has 3 N–H and O–H groups in total. The third-order valence-electron chi connectivity index (χ3n) is 3.62. The number of nitrogen functional groups attached to an aromatic ring is 1. The monoisotopic (exact) mass is 335 g/mol. The van der Waals surface area contributed by atoms with Crippen molar-refractivity contribution < 1.29 is 14.2 Å². The Morgan fingerprint density at radius 3 is 3.00 bits per heavy atom. The van der Waals surface area contributed by atoms with Crippen molar-refractivity contribution >= 4 is 24.8 Å². The van der Waals surface area contributed by atoms with Crippen molar-refractivity contribution in [1.82, 2.24) is 9.55 Å². The molecule has 118 valence electrons. The molecule has 0 aliphatic carbocycles. The van der Waals surface area contributed by atoms with Crippen LogP contribution in [0.5, 0.6) is 0 Å². The highest BCUT2D eigenvalue weighted by Gasteiger charge is 2.41. The summed E-state index contributed by atoms with van der Waals surface area (Å²) in [4.78, 5) is 24.9.